The Morgan fingerprint density at radius 2 is 2.08 bits per heavy atom. The molecular weight excluding hydrogens is 158 g/mol. The smallest absolute Gasteiger partial charge is 0.0698 e. The molecule has 0 unspecified atom stereocenters. The third-order valence-corrected chi connectivity index (χ3v) is 1.70. The zero-order valence-corrected chi connectivity index (χ0v) is 8.46. The molecule has 0 atom stereocenters. The van der Waals surface area contributed by atoms with Crippen LogP contribution in [0.25, 0.3) is 0 Å². The van der Waals surface area contributed by atoms with Crippen LogP contribution in [0.4, 0.5) is 0 Å². The predicted molar refractivity (Wildman–Crippen MR) is 58.9 cm³/mol. The van der Waals surface area contributed by atoms with E-state index in [1.807, 2.05) is 38.3 Å². The first-order valence-electron chi connectivity index (χ1n) is 4.36. The van der Waals surface area contributed by atoms with Crippen molar-refractivity contribution in [1.29, 1.82) is 0 Å². The zero-order valence-electron chi connectivity index (χ0n) is 8.46. The second kappa shape index (κ2) is 4.04. The minimum atomic E-state index is 0.959. The summed E-state index contributed by atoms with van der Waals surface area (Å²) in [7, 11) is 0. The monoisotopic (exact) mass is 173 g/mol. The summed E-state index contributed by atoms with van der Waals surface area (Å²) in [6, 6.07) is 0. The van der Waals surface area contributed by atoms with Gasteiger partial charge in [0, 0.05) is 6.20 Å². The molecule has 1 rings (SSSR count). The molecule has 1 heteroatoms. The Balaban J connectivity index is 2.93. The first-order chi connectivity index (χ1) is 6.09. The lowest BCUT2D eigenvalue weighted by atomic mass is 10.0. The fourth-order valence-corrected chi connectivity index (χ4v) is 0.993. The molecule has 0 heterocycles. The Morgan fingerprint density at radius 3 is 2.69 bits per heavy atom. The molecule has 0 aromatic rings. The van der Waals surface area contributed by atoms with Crippen LogP contribution in [0, 0.1) is 0 Å². The van der Waals surface area contributed by atoms with E-state index < -0.39 is 0 Å². The quantitative estimate of drug-likeness (QED) is 0.576. The van der Waals surface area contributed by atoms with Crippen molar-refractivity contribution in [2.24, 2.45) is 4.99 Å². The molecule has 0 spiro atoms. The van der Waals surface area contributed by atoms with Gasteiger partial charge in [-0.25, -0.2) is 0 Å². The van der Waals surface area contributed by atoms with E-state index in [1.54, 1.807) is 0 Å². The molecule has 0 aromatic carbocycles. The van der Waals surface area contributed by atoms with Crippen molar-refractivity contribution in [3.63, 3.8) is 0 Å². The van der Waals surface area contributed by atoms with Crippen molar-refractivity contribution >= 4 is 5.71 Å². The second-order valence-electron chi connectivity index (χ2n) is 3.47. The SMILES string of the molecule is C=C1C=CC(C)=CC1=NC=C(C)C. The highest BCUT2D eigenvalue weighted by atomic mass is 14.7. The maximum atomic E-state index is 4.34. The molecule has 0 bridgehead atoms. The maximum Gasteiger partial charge on any atom is 0.0698 e. The first-order valence-corrected chi connectivity index (χ1v) is 4.36. The Hall–Kier alpha value is -1.37. The average Bonchev–Trinajstić information content (AvgIpc) is 2.06. The van der Waals surface area contributed by atoms with Crippen LogP contribution in [0.1, 0.15) is 20.8 Å². The van der Waals surface area contributed by atoms with E-state index in [0.29, 0.717) is 0 Å². The minimum absolute atomic E-state index is 0.959. The molecule has 1 aliphatic carbocycles. The molecule has 13 heavy (non-hydrogen) atoms. The van der Waals surface area contributed by atoms with Crippen molar-refractivity contribution in [3.05, 3.63) is 47.7 Å². The van der Waals surface area contributed by atoms with Crippen LogP contribution in [0.3, 0.4) is 0 Å². The summed E-state index contributed by atoms with van der Waals surface area (Å²) in [5.74, 6) is 0. The maximum absolute atomic E-state index is 4.34. The number of allylic oxidation sites excluding steroid dienone is 6. The van der Waals surface area contributed by atoms with E-state index in [-0.39, 0.29) is 0 Å². The largest absolute Gasteiger partial charge is 0.256 e. The van der Waals surface area contributed by atoms with Crippen molar-refractivity contribution in [3.8, 4) is 0 Å². The normalized spacial score (nSPS) is 18.8. The van der Waals surface area contributed by atoms with E-state index in [2.05, 4.69) is 18.5 Å². The van der Waals surface area contributed by atoms with E-state index in [0.717, 1.165) is 11.3 Å². The number of hydrogen-bond donors (Lipinski definition) is 0. The summed E-state index contributed by atoms with van der Waals surface area (Å²) in [5, 5.41) is 0. The molecule has 0 radical (unpaired) electrons. The van der Waals surface area contributed by atoms with Gasteiger partial charge in [0.25, 0.3) is 0 Å². The fraction of sp³-hybridized carbons (Fsp3) is 0.250. The average molecular weight is 173 g/mol. The van der Waals surface area contributed by atoms with E-state index in [4.69, 9.17) is 0 Å². The second-order valence-corrected chi connectivity index (χ2v) is 3.47. The lowest BCUT2D eigenvalue weighted by molar-refractivity contribution is 1.33. The van der Waals surface area contributed by atoms with Gasteiger partial charge in [0.2, 0.25) is 0 Å². The highest BCUT2D eigenvalue weighted by molar-refractivity contribution is 6.11. The minimum Gasteiger partial charge on any atom is -0.256 e. The summed E-state index contributed by atoms with van der Waals surface area (Å²) >= 11 is 0. The number of nitrogens with zero attached hydrogens (tertiary/aromatic N) is 1. The van der Waals surface area contributed by atoms with Gasteiger partial charge in [0.05, 0.1) is 5.71 Å². The molecule has 0 N–H and O–H groups in total. The summed E-state index contributed by atoms with van der Waals surface area (Å²) < 4.78 is 0. The molecule has 0 aliphatic heterocycles. The zero-order chi connectivity index (χ0) is 9.84. The molecule has 68 valence electrons. The highest BCUT2D eigenvalue weighted by Crippen LogP contribution is 2.11. The van der Waals surface area contributed by atoms with Gasteiger partial charge in [-0.1, -0.05) is 24.3 Å². The Labute approximate surface area is 79.9 Å². The molecule has 0 aromatic heterocycles. The summed E-state index contributed by atoms with van der Waals surface area (Å²) in [4.78, 5) is 4.34. The number of aliphatic imine (C=N–C) groups is 1. The third kappa shape index (κ3) is 2.86. The lowest BCUT2D eigenvalue weighted by Crippen LogP contribution is -1.99. The Kier molecular flexibility index (Phi) is 3.02. The first kappa shape index (κ1) is 9.72. The van der Waals surface area contributed by atoms with Gasteiger partial charge in [-0.2, -0.15) is 0 Å². The molecule has 0 saturated carbocycles. The number of rotatable bonds is 1. The van der Waals surface area contributed by atoms with Gasteiger partial charge < -0.3 is 0 Å². The fourth-order valence-electron chi connectivity index (χ4n) is 0.993. The van der Waals surface area contributed by atoms with Crippen LogP contribution in [-0.2, 0) is 0 Å². The van der Waals surface area contributed by atoms with E-state index >= 15 is 0 Å². The summed E-state index contributed by atoms with van der Waals surface area (Å²) in [6.45, 7) is 10.0. The van der Waals surface area contributed by atoms with Gasteiger partial charge >= 0.3 is 0 Å². The van der Waals surface area contributed by atoms with Crippen LogP contribution in [0.2, 0.25) is 0 Å². The third-order valence-electron chi connectivity index (χ3n) is 1.70. The topological polar surface area (TPSA) is 12.4 Å². The molecule has 0 fully saturated rings. The van der Waals surface area contributed by atoms with Crippen LogP contribution in [0.5, 0.6) is 0 Å². The molecular formula is C12H15N. The van der Waals surface area contributed by atoms with E-state index in [9.17, 15) is 0 Å². The molecule has 1 aliphatic rings. The molecule has 0 amide bonds. The van der Waals surface area contributed by atoms with Gasteiger partial charge in [0.1, 0.15) is 0 Å². The van der Waals surface area contributed by atoms with Crippen molar-refractivity contribution in [2.75, 3.05) is 0 Å². The van der Waals surface area contributed by atoms with Crippen LogP contribution >= 0.6 is 0 Å². The van der Waals surface area contributed by atoms with Crippen molar-refractivity contribution in [2.45, 2.75) is 20.8 Å². The van der Waals surface area contributed by atoms with E-state index in [1.165, 1.54) is 11.1 Å². The van der Waals surface area contributed by atoms with Crippen molar-refractivity contribution in [1.82, 2.24) is 0 Å². The Bertz CT molecular complexity index is 334. The van der Waals surface area contributed by atoms with Crippen LogP contribution < -0.4 is 0 Å². The Morgan fingerprint density at radius 1 is 1.38 bits per heavy atom. The lowest BCUT2D eigenvalue weighted by Gasteiger charge is -2.06. The van der Waals surface area contributed by atoms with Crippen LogP contribution in [0.15, 0.2) is 52.7 Å². The van der Waals surface area contributed by atoms with Gasteiger partial charge in [0.15, 0.2) is 0 Å². The highest BCUT2D eigenvalue weighted by Gasteiger charge is 2.02. The molecule has 1 nitrogen and oxygen atoms in total. The summed E-state index contributed by atoms with van der Waals surface area (Å²) in [6.07, 6.45) is 7.95. The molecule has 0 saturated heterocycles. The van der Waals surface area contributed by atoms with Gasteiger partial charge in [-0.05, 0) is 38.0 Å². The van der Waals surface area contributed by atoms with Crippen LogP contribution in [-0.4, -0.2) is 5.71 Å². The summed E-state index contributed by atoms with van der Waals surface area (Å²) in [5.41, 5.74) is 4.35. The standard InChI is InChI=1S/C12H15N/c1-9(2)8-13-12-7-10(3)5-6-11(12)4/h5-8H,4H2,1-3H3. The van der Waals surface area contributed by atoms with Gasteiger partial charge in [-0.3, -0.25) is 4.99 Å². The number of hydrogen-bond acceptors (Lipinski definition) is 1. The van der Waals surface area contributed by atoms with Crippen molar-refractivity contribution < 1.29 is 0 Å². The predicted octanol–water partition coefficient (Wildman–Crippen LogP) is 3.42. The van der Waals surface area contributed by atoms with Gasteiger partial charge in [-0.15, -0.1) is 0 Å².